The fraction of sp³-hybridized carbons (Fsp3) is 0.458. The second-order valence-electron chi connectivity index (χ2n) is 9.21. The fourth-order valence-electron chi connectivity index (χ4n) is 4.65. The Bertz CT molecular complexity index is 1370. The summed E-state index contributed by atoms with van der Waals surface area (Å²) in [6.07, 6.45) is 3.18. The van der Waals surface area contributed by atoms with Gasteiger partial charge in [0.2, 0.25) is 15.9 Å². The van der Waals surface area contributed by atoms with Crippen molar-refractivity contribution in [1.82, 2.24) is 13.9 Å². The van der Waals surface area contributed by atoms with Gasteiger partial charge in [0.15, 0.2) is 0 Å². The minimum absolute atomic E-state index is 0.0243. The summed E-state index contributed by atoms with van der Waals surface area (Å²) >= 11 is 1.19. The Balaban J connectivity index is 1.66. The molecule has 0 aliphatic carbocycles. The van der Waals surface area contributed by atoms with Crippen molar-refractivity contribution in [2.24, 2.45) is 11.8 Å². The molecule has 34 heavy (non-hydrogen) atoms. The third-order valence-corrected chi connectivity index (χ3v) is 9.34. The van der Waals surface area contributed by atoms with Gasteiger partial charge < -0.3 is 5.32 Å². The normalized spacial score (nSPS) is 19.4. The monoisotopic (exact) mass is 502 g/mol. The van der Waals surface area contributed by atoms with Crippen LogP contribution in [0.2, 0.25) is 0 Å². The van der Waals surface area contributed by atoms with Crippen LogP contribution in [0.3, 0.4) is 0 Å². The first-order valence-corrected chi connectivity index (χ1v) is 13.7. The molecule has 1 aliphatic rings. The Morgan fingerprint density at radius 2 is 1.82 bits per heavy atom. The van der Waals surface area contributed by atoms with Crippen LogP contribution in [0.5, 0.6) is 0 Å². The van der Waals surface area contributed by atoms with Gasteiger partial charge in [-0.1, -0.05) is 32.9 Å². The van der Waals surface area contributed by atoms with Crippen molar-refractivity contribution in [3.63, 3.8) is 0 Å². The molecule has 0 radical (unpaired) electrons. The Morgan fingerprint density at radius 1 is 1.18 bits per heavy atom. The highest BCUT2D eigenvalue weighted by Crippen LogP contribution is 2.35. The molecule has 1 saturated heterocycles. The number of carbonyl (C=O) groups is 1. The van der Waals surface area contributed by atoms with Crippen molar-refractivity contribution in [3.8, 4) is 0 Å². The van der Waals surface area contributed by atoms with E-state index in [-0.39, 0.29) is 34.6 Å². The molecular formula is C24H30N4O4S2. The lowest BCUT2D eigenvalue weighted by Crippen LogP contribution is -2.42. The maximum Gasteiger partial charge on any atom is 0.263 e. The Labute approximate surface area is 203 Å². The summed E-state index contributed by atoms with van der Waals surface area (Å²) < 4.78 is 29.9. The van der Waals surface area contributed by atoms with Crippen molar-refractivity contribution in [1.29, 1.82) is 0 Å². The highest BCUT2D eigenvalue weighted by molar-refractivity contribution is 7.89. The second kappa shape index (κ2) is 9.59. The Hall–Kier alpha value is -2.56. The van der Waals surface area contributed by atoms with Crippen LogP contribution in [0.4, 0.5) is 5.69 Å². The van der Waals surface area contributed by atoms with Crippen LogP contribution in [0, 0.1) is 18.8 Å². The number of anilines is 1. The third-order valence-electron chi connectivity index (χ3n) is 6.19. The molecule has 0 unspecified atom stereocenters. The van der Waals surface area contributed by atoms with Crippen molar-refractivity contribution in [2.45, 2.75) is 52.0 Å². The number of nitrogens with zero attached hydrogens (tertiary/aromatic N) is 3. The van der Waals surface area contributed by atoms with Crippen LogP contribution in [0.15, 0.2) is 40.3 Å². The van der Waals surface area contributed by atoms with E-state index in [4.69, 9.17) is 0 Å². The molecule has 1 aliphatic heterocycles. The Kier molecular flexibility index (Phi) is 6.93. The van der Waals surface area contributed by atoms with Crippen LogP contribution >= 0.6 is 11.3 Å². The zero-order chi connectivity index (χ0) is 24.6. The smallest absolute Gasteiger partial charge is 0.263 e. The van der Waals surface area contributed by atoms with Gasteiger partial charge in [-0.05, 0) is 49.3 Å². The molecule has 0 bridgehead atoms. The second-order valence-corrected chi connectivity index (χ2v) is 12.3. The summed E-state index contributed by atoms with van der Waals surface area (Å²) in [5, 5.41) is 2.84. The summed E-state index contributed by atoms with van der Waals surface area (Å²) in [4.78, 5) is 31.2. The summed E-state index contributed by atoms with van der Waals surface area (Å²) in [5.41, 5.74) is 1.26. The van der Waals surface area contributed by atoms with E-state index in [1.165, 1.54) is 26.5 Å². The minimum atomic E-state index is -3.87. The molecule has 2 aromatic heterocycles. The number of aryl methyl sites for hydroxylation is 2. The van der Waals surface area contributed by atoms with Crippen LogP contribution in [0.25, 0.3) is 10.2 Å². The topological polar surface area (TPSA) is 101 Å². The van der Waals surface area contributed by atoms with E-state index in [2.05, 4.69) is 17.2 Å². The number of nitrogens with one attached hydrogen (secondary N) is 1. The molecule has 10 heteroatoms. The Morgan fingerprint density at radius 3 is 2.44 bits per heavy atom. The van der Waals surface area contributed by atoms with Crippen LogP contribution in [-0.4, -0.2) is 41.3 Å². The van der Waals surface area contributed by atoms with Gasteiger partial charge in [-0.2, -0.15) is 4.31 Å². The molecule has 182 valence electrons. The van der Waals surface area contributed by atoms with Gasteiger partial charge in [0, 0.05) is 23.7 Å². The summed E-state index contributed by atoms with van der Waals surface area (Å²) in [6, 6.07) is 7.49. The van der Waals surface area contributed by atoms with Crippen LogP contribution < -0.4 is 10.9 Å². The molecule has 1 aromatic carbocycles. The number of thiophene rings is 1. The molecule has 0 saturated carbocycles. The number of amides is 1. The number of benzene rings is 1. The first-order valence-electron chi connectivity index (χ1n) is 11.5. The van der Waals surface area contributed by atoms with Gasteiger partial charge in [0.1, 0.15) is 16.3 Å². The number of fused-ring (bicyclic) bond motifs is 1. The number of carbonyl (C=O) groups excluding carboxylic acids is 1. The maximum atomic E-state index is 13.6. The number of aromatic nitrogens is 2. The molecule has 0 spiro atoms. The molecule has 3 heterocycles. The minimum Gasteiger partial charge on any atom is -0.325 e. The molecular weight excluding hydrogens is 472 g/mol. The van der Waals surface area contributed by atoms with Crippen molar-refractivity contribution in [3.05, 3.63) is 51.4 Å². The SMILES string of the molecule is CCc1ccc(NC(=O)Cn2cnc3sc(C)c(S(=O)(=O)N4C[C@H](C)C[C@H](C)C4)c3c2=O)cc1. The third kappa shape index (κ3) is 4.80. The lowest BCUT2D eigenvalue weighted by molar-refractivity contribution is -0.116. The van der Waals surface area contributed by atoms with Crippen molar-refractivity contribution in [2.75, 3.05) is 18.4 Å². The standard InChI is InChI=1S/C24H30N4O4S2/c1-5-18-6-8-19(9-7-18)26-20(29)13-27-14-25-23-21(24(27)30)22(17(4)33-23)34(31,32)28-11-15(2)10-16(3)12-28/h6-9,14-16H,5,10-13H2,1-4H3,(H,26,29)/t15-,16+. The average Bonchev–Trinajstić information content (AvgIpc) is 3.13. The molecule has 1 fully saturated rings. The molecule has 2 atom stereocenters. The van der Waals surface area contributed by atoms with Crippen LogP contribution in [-0.2, 0) is 27.8 Å². The molecule has 1 N–H and O–H groups in total. The van der Waals surface area contributed by atoms with E-state index >= 15 is 0 Å². The zero-order valence-electron chi connectivity index (χ0n) is 19.9. The van der Waals surface area contributed by atoms with E-state index < -0.39 is 15.6 Å². The summed E-state index contributed by atoms with van der Waals surface area (Å²) in [6.45, 7) is 8.43. The number of hydrogen-bond donors (Lipinski definition) is 1. The van der Waals surface area contributed by atoms with Crippen molar-refractivity contribution >= 4 is 43.2 Å². The predicted octanol–water partition coefficient (Wildman–Crippen LogP) is 3.63. The van der Waals surface area contributed by atoms with Gasteiger partial charge in [-0.15, -0.1) is 11.3 Å². The average molecular weight is 503 g/mol. The lowest BCUT2D eigenvalue weighted by Gasteiger charge is -2.34. The number of piperidine rings is 1. The van der Waals surface area contributed by atoms with Crippen molar-refractivity contribution < 1.29 is 13.2 Å². The van der Waals surface area contributed by atoms with Gasteiger partial charge in [0.05, 0.1) is 11.7 Å². The fourth-order valence-corrected chi connectivity index (χ4v) is 7.99. The molecule has 4 rings (SSSR count). The summed E-state index contributed by atoms with van der Waals surface area (Å²) in [5.74, 6) is 0.102. The van der Waals surface area contributed by atoms with E-state index in [0.717, 1.165) is 18.4 Å². The van der Waals surface area contributed by atoms with E-state index in [9.17, 15) is 18.0 Å². The number of hydrogen-bond acceptors (Lipinski definition) is 6. The van der Waals surface area contributed by atoms with Gasteiger partial charge in [-0.3, -0.25) is 14.2 Å². The number of rotatable bonds is 6. The lowest BCUT2D eigenvalue weighted by atomic mass is 9.94. The van der Waals surface area contributed by atoms with E-state index in [0.29, 0.717) is 28.5 Å². The summed E-state index contributed by atoms with van der Waals surface area (Å²) in [7, 11) is -3.87. The van der Waals surface area contributed by atoms with E-state index in [1.807, 2.05) is 38.1 Å². The first-order chi connectivity index (χ1) is 16.1. The first kappa shape index (κ1) is 24.6. The van der Waals surface area contributed by atoms with Gasteiger partial charge in [0.25, 0.3) is 5.56 Å². The predicted molar refractivity (Wildman–Crippen MR) is 135 cm³/mol. The highest BCUT2D eigenvalue weighted by Gasteiger charge is 2.35. The molecule has 3 aromatic rings. The maximum absolute atomic E-state index is 13.6. The quantitative estimate of drug-likeness (QED) is 0.555. The van der Waals surface area contributed by atoms with Gasteiger partial charge >= 0.3 is 0 Å². The largest absolute Gasteiger partial charge is 0.325 e. The van der Waals surface area contributed by atoms with Crippen LogP contribution in [0.1, 0.15) is 37.6 Å². The molecule has 8 nitrogen and oxygen atoms in total. The molecule has 1 amide bonds. The zero-order valence-corrected chi connectivity index (χ0v) is 21.5. The van der Waals surface area contributed by atoms with Gasteiger partial charge in [-0.25, -0.2) is 13.4 Å². The van der Waals surface area contributed by atoms with E-state index in [1.54, 1.807) is 6.92 Å². The highest BCUT2D eigenvalue weighted by atomic mass is 32.2. The number of sulfonamides is 1.